The fraction of sp³-hybridized carbons (Fsp3) is 0.667. The fourth-order valence-electron chi connectivity index (χ4n) is 1.28. The molecule has 2 N–H and O–H groups in total. The van der Waals surface area contributed by atoms with Gasteiger partial charge in [0.25, 0.3) is 5.82 Å². The highest BCUT2D eigenvalue weighted by atomic mass is 16.7. The van der Waals surface area contributed by atoms with Crippen LogP contribution in [0.15, 0.2) is 9.68 Å². The maximum Gasteiger partial charge on any atom is 0.379 e. The van der Waals surface area contributed by atoms with Crippen molar-refractivity contribution in [3.05, 3.63) is 11.7 Å². The summed E-state index contributed by atoms with van der Waals surface area (Å²) in [5, 5.41) is 6.72. The third-order valence-corrected chi connectivity index (χ3v) is 2.85. The van der Waals surface area contributed by atoms with Gasteiger partial charge in [-0.1, -0.05) is 25.9 Å². The van der Waals surface area contributed by atoms with E-state index >= 15 is 0 Å². The monoisotopic (exact) mass is 414 g/mol. The zero-order chi connectivity index (χ0) is 22.8. The number of hydrogen-bond donors (Lipinski definition) is 1. The summed E-state index contributed by atoms with van der Waals surface area (Å²) in [6, 6.07) is 0. The van der Waals surface area contributed by atoms with Crippen molar-refractivity contribution >= 4 is 23.7 Å². The first-order valence-electron chi connectivity index (χ1n) is 8.97. The van der Waals surface area contributed by atoms with Crippen LogP contribution in [0.4, 0.5) is 0 Å². The van der Waals surface area contributed by atoms with Gasteiger partial charge in [-0.15, -0.1) is 0 Å². The fourth-order valence-corrected chi connectivity index (χ4v) is 1.28. The number of carbonyl (C=O) groups excluding carboxylic acids is 3. The molecule has 0 unspecified atom stereocenters. The molecule has 0 saturated heterocycles. The van der Waals surface area contributed by atoms with Gasteiger partial charge in [-0.3, -0.25) is 0 Å². The molecule has 0 saturated carbocycles. The maximum absolute atomic E-state index is 11.2. The van der Waals surface area contributed by atoms with E-state index in [1.165, 1.54) is 0 Å². The van der Waals surface area contributed by atoms with E-state index in [0.717, 1.165) is 0 Å². The minimum absolute atomic E-state index is 0.0169. The highest BCUT2D eigenvalue weighted by Gasteiger charge is 2.25. The molecule has 1 rings (SSSR count). The summed E-state index contributed by atoms with van der Waals surface area (Å²) < 4.78 is 14.2. The van der Waals surface area contributed by atoms with Crippen molar-refractivity contribution in [1.29, 1.82) is 0 Å². The Balaban J connectivity index is 0.000000541. The van der Waals surface area contributed by atoms with Crippen LogP contribution in [0.5, 0.6) is 0 Å². The third-order valence-electron chi connectivity index (χ3n) is 2.85. The van der Waals surface area contributed by atoms with Gasteiger partial charge >= 0.3 is 17.9 Å². The minimum atomic E-state index is -0.806. The van der Waals surface area contributed by atoms with Crippen molar-refractivity contribution in [2.24, 2.45) is 16.3 Å². The number of carbonyl (C=O) groups is 3. The van der Waals surface area contributed by atoms with Crippen molar-refractivity contribution in [2.45, 2.75) is 60.8 Å². The van der Waals surface area contributed by atoms with Gasteiger partial charge in [-0.25, -0.2) is 14.4 Å². The summed E-state index contributed by atoms with van der Waals surface area (Å²) in [5.74, 6) is -1.99. The van der Waals surface area contributed by atoms with Crippen LogP contribution in [-0.2, 0) is 29.3 Å². The molecule has 164 valence electrons. The average molecular weight is 414 g/mol. The molecular formula is C18H30N4O7. The standard InChI is InChI=1S/C9H16N2O4.C9H14N2O3/c1-5-14-7(12)6(10)11-15-8(13)9(2,3)4;1-5-13-7(12)6-10-8(14-11-6)9(2,3)4/h5H2,1-4H3,(H2,10,11);5H2,1-4H3. The number of nitrogens with zero attached hydrogens (tertiary/aromatic N) is 3. The van der Waals surface area contributed by atoms with Gasteiger partial charge in [0.15, 0.2) is 0 Å². The quantitative estimate of drug-likeness (QED) is 0.254. The van der Waals surface area contributed by atoms with Crippen LogP contribution in [0.2, 0.25) is 0 Å². The molecule has 0 spiro atoms. The molecule has 1 aromatic rings. The first-order valence-corrected chi connectivity index (χ1v) is 8.97. The van der Waals surface area contributed by atoms with E-state index in [0.29, 0.717) is 12.5 Å². The summed E-state index contributed by atoms with van der Waals surface area (Å²) in [6.45, 7) is 14.6. The molecule has 11 heteroatoms. The average Bonchev–Trinajstić information content (AvgIpc) is 3.10. The zero-order valence-electron chi connectivity index (χ0n) is 18.2. The second-order valence-electron chi connectivity index (χ2n) is 7.72. The molecule has 0 radical (unpaired) electrons. The number of ether oxygens (including phenoxy) is 2. The third kappa shape index (κ3) is 9.67. The van der Waals surface area contributed by atoms with Gasteiger partial charge in [-0.2, -0.15) is 4.98 Å². The number of esters is 2. The van der Waals surface area contributed by atoms with Gasteiger partial charge in [0.1, 0.15) is 0 Å². The molecule has 0 fully saturated rings. The highest BCUT2D eigenvalue weighted by molar-refractivity contribution is 6.34. The first kappa shape index (κ1) is 26.0. The molecule has 0 aliphatic heterocycles. The summed E-state index contributed by atoms with van der Waals surface area (Å²) in [4.78, 5) is 41.7. The van der Waals surface area contributed by atoms with E-state index in [9.17, 15) is 14.4 Å². The normalized spacial score (nSPS) is 11.8. The van der Waals surface area contributed by atoms with Gasteiger partial charge < -0.3 is 24.6 Å². The van der Waals surface area contributed by atoms with Crippen molar-refractivity contribution in [2.75, 3.05) is 13.2 Å². The first-order chi connectivity index (χ1) is 13.2. The number of oxime groups is 1. The predicted molar refractivity (Wildman–Crippen MR) is 103 cm³/mol. The molecule has 0 amide bonds. The van der Waals surface area contributed by atoms with Gasteiger partial charge in [-0.05, 0) is 39.8 Å². The smallest absolute Gasteiger partial charge is 0.379 e. The van der Waals surface area contributed by atoms with E-state index in [4.69, 9.17) is 15.0 Å². The van der Waals surface area contributed by atoms with Crippen molar-refractivity contribution in [3.8, 4) is 0 Å². The van der Waals surface area contributed by atoms with Crippen LogP contribution < -0.4 is 5.73 Å². The lowest BCUT2D eigenvalue weighted by Crippen LogP contribution is -2.28. The van der Waals surface area contributed by atoms with Crippen LogP contribution in [0, 0.1) is 5.41 Å². The Labute approximate surface area is 169 Å². The molecule has 0 bridgehead atoms. The number of aromatic nitrogens is 2. The lowest BCUT2D eigenvalue weighted by Gasteiger charge is -2.12. The molecule has 0 atom stereocenters. The summed E-state index contributed by atoms with van der Waals surface area (Å²) in [6.07, 6.45) is 0. The van der Waals surface area contributed by atoms with E-state index in [-0.39, 0.29) is 17.8 Å². The summed E-state index contributed by atoms with van der Waals surface area (Å²) in [5.41, 5.74) is 4.24. The Morgan fingerprint density at radius 1 is 1.03 bits per heavy atom. The second kappa shape index (κ2) is 11.1. The Hall–Kier alpha value is -2.98. The lowest BCUT2D eigenvalue weighted by atomic mass is 9.97. The Bertz CT molecular complexity index is 727. The second-order valence-corrected chi connectivity index (χ2v) is 7.72. The lowest BCUT2D eigenvalue weighted by molar-refractivity contribution is -0.153. The van der Waals surface area contributed by atoms with Crippen LogP contribution in [0.1, 0.15) is 71.9 Å². The van der Waals surface area contributed by atoms with E-state index in [1.54, 1.807) is 34.6 Å². The Kier molecular flexibility index (Phi) is 9.98. The molecule has 29 heavy (non-hydrogen) atoms. The summed E-state index contributed by atoms with van der Waals surface area (Å²) >= 11 is 0. The van der Waals surface area contributed by atoms with E-state index < -0.39 is 29.2 Å². The molecule has 1 aromatic heterocycles. The highest BCUT2D eigenvalue weighted by Crippen LogP contribution is 2.19. The van der Waals surface area contributed by atoms with Gasteiger partial charge in [0.05, 0.1) is 18.6 Å². The SMILES string of the molecule is CCOC(=O)/C(N)=N/OC(=O)C(C)(C)C.CCOC(=O)c1noc(C(C)(C)C)n1. The van der Waals surface area contributed by atoms with E-state index in [2.05, 4.69) is 24.9 Å². The molecule has 0 aliphatic carbocycles. The minimum Gasteiger partial charge on any atom is -0.460 e. The Morgan fingerprint density at radius 2 is 1.59 bits per heavy atom. The number of nitrogens with two attached hydrogens (primary N) is 1. The van der Waals surface area contributed by atoms with Crippen molar-refractivity contribution < 1.29 is 33.2 Å². The van der Waals surface area contributed by atoms with Crippen molar-refractivity contribution in [3.63, 3.8) is 0 Å². The molecule has 11 nitrogen and oxygen atoms in total. The van der Waals surface area contributed by atoms with Crippen molar-refractivity contribution in [1.82, 2.24) is 10.1 Å². The zero-order valence-corrected chi connectivity index (χ0v) is 18.2. The largest absolute Gasteiger partial charge is 0.460 e. The van der Waals surface area contributed by atoms with Crippen LogP contribution >= 0.6 is 0 Å². The van der Waals surface area contributed by atoms with Crippen LogP contribution in [0.25, 0.3) is 0 Å². The van der Waals surface area contributed by atoms with E-state index in [1.807, 2.05) is 20.8 Å². The van der Waals surface area contributed by atoms with Gasteiger partial charge in [0, 0.05) is 5.41 Å². The number of hydrogen-bond acceptors (Lipinski definition) is 10. The predicted octanol–water partition coefficient (Wildman–Crippen LogP) is 1.95. The summed E-state index contributed by atoms with van der Waals surface area (Å²) in [7, 11) is 0. The number of amidine groups is 1. The molecule has 0 aromatic carbocycles. The maximum atomic E-state index is 11.2. The molecule has 1 heterocycles. The van der Waals surface area contributed by atoms with Gasteiger partial charge in [0.2, 0.25) is 11.7 Å². The topological polar surface area (TPSA) is 156 Å². The molecular weight excluding hydrogens is 384 g/mol. The van der Waals surface area contributed by atoms with Crippen LogP contribution in [0.3, 0.4) is 0 Å². The number of rotatable bonds is 4. The molecule has 0 aliphatic rings. The Morgan fingerprint density at radius 3 is 2.00 bits per heavy atom. The van der Waals surface area contributed by atoms with Crippen LogP contribution in [-0.4, -0.2) is 47.1 Å².